The summed E-state index contributed by atoms with van der Waals surface area (Å²) >= 11 is 12.1. The van der Waals surface area contributed by atoms with Crippen molar-refractivity contribution in [3.05, 3.63) is 33.3 Å². The minimum absolute atomic E-state index is 0.00108. The molecule has 0 aliphatic rings. The maximum absolute atomic E-state index is 11.7. The predicted molar refractivity (Wildman–Crippen MR) is 72.5 cm³/mol. The highest BCUT2D eigenvalue weighted by Gasteiger charge is 2.20. The molecule has 0 fully saturated rings. The summed E-state index contributed by atoms with van der Waals surface area (Å²) in [7, 11) is 0. The molecule has 0 radical (unpaired) electrons. The van der Waals surface area contributed by atoms with Crippen molar-refractivity contribution in [2.24, 2.45) is 5.41 Å². The van der Waals surface area contributed by atoms with E-state index < -0.39 is 5.41 Å². The topological polar surface area (TPSA) is 29.1 Å². The van der Waals surface area contributed by atoms with Gasteiger partial charge in [0, 0.05) is 22.0 Å². The Morgan fingerprint density at radius 1 is 1.29 bits per heavy atom. The Morgan fingerprint density at radius 3 is 2.41 bits per heavy atom. The zero-order valence-electron chi connectivity index (χ0n) is 10.5. The summed E-state index contributed by atoms with van der Waals surface area (Å²) in [5.74, 6) is 0.00108. The average Bonchev–Trinajstić information content (AvgIpc) is 2.23. The normalized spacial score (nSPS) is 11.4. The van der Waals surface area contributed by atoms with Crippen LogP contribution in [-0.4, -0.2) is 5.91 Å². The molecule has 1 rings (SSSR count). The van der Waals surface area contributed by atoms with Gasteiger partial charge in [0.1, 0.15) is 0 Å². The van der Waals surface area contributed by atoms with E-state index in [9.17, 15) is 4.79 Å². The molecule has 1 amide bonds. The van der Waals surface area contributed by atoms with Crippen LogP contribution in [0.15, 0.2) is 12.1 Å². The monoisotopic (exact) mass is 273 g/mol. The van der Waals surface area contributed by atoms with Crippen LogP contribution < -0.4 is 5.32 Å². The highest BCUT2D eigenvalue weighted by molar-refractivity contribution is 6.36. The summed E-state index contributed by atoms with van der Waals surface area (Å²) in [6.07, 6.45) is 0. The summed E-state index contributed by atoms with van der Waals surface area (Å²) in [5.41, 5.74) is 1.33. The van der Waals surface area contributed by atoms with Gasteiger partial charge in [-0.3, -0.25) is 4.79 Å². The van der Waals surface area contributed by atoms with Gasteiger partial charge in [-0.1, -0.05) is 50.0 Å². The van der Waals surface area contributed by atoms with E-state index in [1.165, 1.54) is 0 Å². The predicted octanol–water partition coefficient (Wildman–Crippen LogP) is 3.96. The van der Waals surface area contributed by atoms with Crippen LogP contribution in [0.4, 0.5) is 0 Å². The van der Waals surface area contributed by atoms with E-state index in [1.54, 1.807) is 6.07 Å². The van der Waals surface area contributed by atoms with E-state index in [2.05, 4.69) is 5.32 Å². The molecule has 0 spiro atoms. The van der Waals surface area contributed by atoms with Gasteiger partial charge in [0.05, 0.1) is 0 Å². The first-order valence-corrected chi connectivity index (χ1v) is 6.21. The fraction of sp³-hybridized carbons (Fsp3) is 0.462. The third kappa shape index (κ3) is 3.62. The van der Waals surface area contributed by atoms with Gasteiger partial charge in [-0.15, -0.1) is 0 Å². The quantitative estimate of drug-likeness (QED) is 0.868. The number of benzene rings is 1. The van der Waals surface area contributed by atoms with Gasteiger partial charge in [-0.05, 0) is 24.1 Å². The Balaban J connectivity index is 2.78. The fourth-order valence-corrected chi connectivity index (χ4v) is 1.73. The van der Waals surface area contributed by atoms with Crippen molar-refractivity contribution >= 4 is 29.1 Å². The molecule has 1 aromatic carbocycles. The van der Waals surface area contributed by atoms with E-state index >= 15 is 0 Å². The van der Waals surface area contributed by atoms with Crippen LogP contribution in [0, 0.1) is 12.3 Å². The maximum Gasteiger partial charge on any atom is 0.225 e. The minimum atomic E-state index is -0.395. The summed E-state index contributed by atoms with van der Waals surface area (Å²) in [6.45, 7) is 7.90. The number of carbonyl (C=O) groups excluding carboxylic acids is 1. The lowest BCUT2D eigenvalue weighted by Crippen LogP contribution is -2.34. The molecule has 1 N–H and O–H groups in total. The van der Waals surface area contributed by atoms with Gasteiger partial charge in [-0.2, -0.15) is 0 Å². The van der Waals surface area contributed by atoms with Crippen LogP contribution in [0.2, 0.25) is 10.0 Å². The second kappa shape index (κ2) is 5.28. The SMILES string of the molecule is Cc1c(Cl)ccc(CNC(=O)C(C)(C)C)c1Cl. The molecule has 4 heteroatoms. The van der Waals surface area contributed by atoms with E-state index in [4.69, 9.17) is 23.2 Å². The molecule has 17 heavy (non-hydrogen) atoms. The Kier molecular flexibility index (Phi) is 4.45. The van der Waals surface area contributed by atoms with E-state index in [0.29, 0.717) is 16.6 Å². The van der Waals surface area contributed by atoms with E-state index in [0.717, 1.165) is 11.1 Å². The van der Waals surface area contributed by atoms with E-state index in [1.807, 2.05) is 33.8 Å². The lowest BCUT2D eigenvalue weighted by Gasteiger charge is -2.18. The Hall–Kier alpha value is -0.730. The summed E-state index contributed by atoms with van der Waals surface area (Å²) < 4.78 is 0. The molecule has 2 nitrogen and oxygen atoms in total. The molecule has 0 aromatic heterocycles. The summed E-state index contributed by atoms with van der Waals surface area (Å²) in [4.78, 5) is 11.7. The highest BCUT2D eigenvalue weighted by atomic mass is 35.5. The van der Waals surface area contributed by atoms with Crippen molar-refractivity contribution in [1.29, 1.82) is 0 Å². The number of amides is 1. The minimum Gasteiger partial charge on any atom is -0.352 e. The van der Waals surface area contributed by atoms with Gasteiger partial charge >= 0.3 is 0 Å². The zero-order valence-corrected chi connectivity index (χ0v) is 12.0. The standard InChI is InChI=1S/C13H17Cl2NO/c1-8-10(14)6-5-9(11(8)15)7-16-12(17)13(2,3)4/h5-6H,7H2,1-4H3,(H,16,17). The molecule has 0 aliphatic heterocycles. The van der Waals surface area contributed by atoms with Crippen molar-refractivity contribution < 1.29 is 4.79 Å². The molecule has 0 saturated heterocycles. The first-order valence-electron chi connectivity index (χ1n) is 5.45. The molecule has 94 valence electrons. The highest BCUT2D eigenvalue weighted by Crippen LogP contribution is 2.27. The number of halogens is 2. The first kappa shape index (κ1) is 14.3. The first-order chi connectivity index (χ1) is 7.73. The zero-order chi connectivity index (χ0) is 13.2. The Labute approximate surface area is 112 Å². The largest absolute Gasteiger partial charge is 0.352 e. The lowest BCUT2D eigenvalue weighted by molar-refractivity contribution is -0.128. The third-order valence-electron chi connectivity index (χ3n) is 2.52. The second-order valence-corrected chi connectivity index (χ2v) is 5.86. The van der Waals surface area contributed by atoms with Crippen molar-refractivity contribution in [2.45, 2.75) is 34.2 Å². The summed E-state index contributed by atoms with van der Waals surface area (Å²) in [6, 6.07) is 3.63. The lowest BCUT2D eigenvalue weighted by atomic mass is 9.95. The Bertz CT molecular complexity index is 436. The molecule has 0 heterocycles. The van der Waals surface area contributed by atoms with Crippen molar-refractivity contribution in [2.75, 3.05) is 0 Å². The molecule has 0 aliphatic carbocycles. The maximum atomic E-state index is 11.7. The van der Waals surface area contributed by atoms with Gasteiger partial charge in [-0.25, -0.2) is 0 Å². The van der Waals surface area contributed by atoms with Crippen LogP contribution in [0.25, 0.3) is 0 Å². The average molecular weight is 274 g/mol. The molecular weight excluding hydrogens is 257 g/mol. The number of nitrogens with one attached hydrogen (secondary N) is 1. The number of hydrogen-bond donors (Lipinski definition) is 1. The van der Waals surface area contributed by atoms with Crippen LogP contribution in [0.3, 0.4) is 0 Å². The Morgan fingerprint density at radius 2 is 1.88 bits per heavy atom. The molecule has 0 atom stereocenters. The van der Waals surface area contributed by atoms with Crippen LogP contribution >= 0.6 is 23.2 Å². The van der Waals surface area contributed by atoms with Gasteiger partial charge < -0.3 is 5.32 Å². The van der Waals surface area contributed by atoms with Crippen molar-refractivity contribution in [3.63, 3.8) is 0 Å². The van der Waals surface area contributed by atoms with Gasteiger partial charge in [0.15, 0.2) is 0 Å². The van der Waals surface area contributed by atoms with Crippen LogP contribution in [0.5, 0.6) is 0 Å². The molecule has 0 unspecified atom stereocenters. The molecule has 1 aromatic rings. The number of hydrogen-bond acceptors (Lipinski definition) is 1. The number of rotatable bonds is 2. The van der Waals surface area contributed by atoms with E-state index in [-0.39, 0.29) is 5.91 Å². The summed E-state index contributed by atoms with van der Waals surface area (Å²) in [5, 5.41) is 4.12. The van der Waals surface area contributed by atoms with Gasteiger partial charge in [0.25, 0.3) is 0 Å². The second-order valence-electron chi connectivity index (χ2n) is 5.08. The molecule has 0 saturated carbocycles. The smallest absolute Gasteiger partial charge is 0.225 e. The van der Waals surface area contributed by atoms with Gasteiger partial charge in [0.2, 0.25) is 5.91 Å². The van der Waals surface area contributed by atoms with Crippen LogP contribution in [0.1, 0.15) is 31.9 Å². The van der Waals surface area contributed by atoms with Crippen molar-refractivity contribution in [3.8, 4) is 0 Å². The van der Waals surface area contributed by atoms with Crippen LogP contribution in [-0.2, 0) is 11.3 Å². The molecule has 0 bridgehead atoms. The fourth-order valence-electron chi connectivity index (χ4n) is 1.29. The number of carbonyl (C=O) groups is 1. The molecular formula is C13H17Cl2NO. The van der Waals surface area contributed by atoms with Crippen molar-refractivity contribution in [1.82, 2.24) is 5.32 Å². The third-order valence-corrected chi connectivity index (χ3v) is 3.46.